The lowest BCUT2D eigenvalue weighted by atomic mass is 10.1. The highest BCUT2D eigenvalue weighted by molar-refractivity contribution is 5.90. The molecule has 4 heteroatoms. The van der Waals surface area contributed by atoms with E-state index < -0.39 is 6.10 Å². The van der Waals surface area contributed by atoms with Gasteiger partial charge in [-0.15, -0.1) is 0 Å². The summed E-state index contributed by atoms with van der Waals surface area (Å²) in [6.07, 6.45) is 2.22. The fourth-order valence-electron chi connectivity index (χ4n) is 1.70. The van der Waals surface area contributed by atoms with Gasteiger partial charge in [0.2, 0.25) is 5.91 Å². The molecule has 1 atom stereocenters. The lowest BCUT2D eigenvalue weighted by Gasteiger charge is -2.13. The van der Waals surface area contributed by atoms with Gasteiger partial charge in [-0.1, -0.05) is 32.4 Å². The molecule has 0 aromatic heterocycles. The van der Waals surface area contributed by atoms with Gasteiger partial charge in [0.15, 0.2) is 0 Å². The molecule has 0 radical (unpaired) electrons. The van der Waals surface area contributed by atoms with Crippen molar-refractivity contribution in [1.82, 2.24) is 5.32 Å². The van der Waals surface area contributed by atoms with E-state index in [0.29, 0.717) is 13.0 Å². The molecule has 0 fully saturated rings. The monoisotopic (exact) mass is 264 g/mol. The van der Waals surface area contributed by atoms with Crippen LogP contribution in [0.2, 0.25) is 0 Å². The minimum Gasteiger partial charge on any atom is -0.387 e. The van der Waals surface area contributed by atoms with Gasteiger partial charge in [-0.05, 0) is 30.7 Å². The zero-order chi connectivity index (χ0) is 14.1. The number of nitrogens with one attached hydrogen (secondary N) is 2. The molecule has 1 rings (SSSR count). The van der Waals surface area contributed by atoms with Crippen molar-refractivity contribution >= 4 is 11.6 Å². The van der Waals surface area contributed by atoms with Gasteiger partial charge >= 0.3 is 0 Å². The highest BCUT2D eigenvalue weighted by atomic mass is 16.3. The van der Waals surface area contributed by atoms with Crippen molar-refractivity contribution < 1.29 is 9.90 Å². The maximum absolute atomic E-state index is 11.2. The number of unbranched alkanes of at least 4 members (excludes halogenated alkanes) is 1. The van der Waals surface area contributed by atoms with Crippen molar-refractivity contribution in [2.75, 3.05) is 18.4 Å². The van der Waals surface area contributed by atoms with Crippen LogP contribution in [0.1, 0.15) is 44.8 Å². The normalized spacial score (nSPS) is 12.2. The van der Waals surface area contributed by atoms with Gasteiger partial charge < -0.3 is 15.7 Å². The number of hydrogen-bond acceptors (Lipinski definition) is 3. The molecule has 19 heavy (non-hydrogen) atoms. The Morgan fingerprint density at radius 1 is 1.26 bits per heavy atom. The minimum atomic E-state index is -0.507. The Morgan fingerprint density at radius 2 is 1.95 bits per heavy atom. The van der Waals surface area contributed by atoms with Crippen LogP contribution in [-0.4, -0.2) is 24.1 Å². The molecule has 0 saturated heterocycles. The van der Waals surface area contributed by atoms with Gasteiger partial charge in [-0.25, -0.2) is 0 Å². The van der Waals surface area contributed by atoms with E-state index in [-0.39, 0.29) is 5.91 Å². The van der Waals surface area contributed by atoms with Crippen LogP contribution >= 0.6 is 0 Å². The van der Waals surface area contributed by atoms with Crippen LogP contribution in [0.4, 0.5) is 5.69 Å². The van der Waals surface area contributed by atoms with E-state index in [1.165, 1.54) is 0 Å². The molecule has 0 aliphatic carbocycles. The van der Waals surface area contributed by atoms with Gasteiger partial charge in [0.1, 0.15) is 0 Å². The third kappa shape index (κ3) is 5.85. The van der Waals surface area contributed by atoms with E-state index in [9.17, 15) is 9.90 Å². The van der Waals surface area contributed by atoms with E-state index in [1.54, 1.807) is 0 Å². The third-order valence-electron chi connectivity index (χ3n) is 2.95. The first-order valence-electron chi connectivity index (χ1n) is 6.96. The second-order valence-electron chi connectivity index (χ2n) is 4.60. The standard InChI is InChI=1S/C15H24N2O2/c1-3-5-10-16-11-14(18)12-6-8-13(9-7-12)17-15(19)4-2/h6-9,14,16,18H,3-5,10-11H2,1-2H3,(H,17,19). The van der Waals surface area contributed by atoms with Crippen molar-refractivity contribution in [3.8, 4) is 0 Å². The van der Waals surface area contributed by atoms with E-state index in [1.807, 2.05) is 31.2 Å². The summed E-state index contributed by atoms with van der Waals surface area (Å²) >= 11 is 0. The molecule has 1 amide bonds. The molecule has 0 aliphatic heterocycles. The summed E-state index contributed by atoms with van der Waals surface area (Å²) in [7, 11) is 0. The molecule has 1 aromatic rings. The molecule has 0 bridgehead atoms. The van der Waals surface area contributed by atoms with E-state index in [0.717, 1.165) is 30.6 Å². The highest BCUT2D eigenvalue weighted by Gasteiger charge is 2.07. The molecule has 106 valence electrons. The lowest BCUT2D eigenvalue weighted by molar-refractivity contribution is -0.115. The topological polar surface area (TPSA) is 61.4 Å². The summed E-state index contributed by atoms with van der Waals surface area (Å²) in [6.45, 7) is 5.44. The molecule has 3 N–H and O–H groups in total. The minimum absolute atomic E-state index is 0.00506. The number of anilines is 1. The average Bonchev–Trinajstić information content (AvgIpc) is 2.44. The second-order valence-corrected chi connectivity index (χ2v) is 4.60. The van der Waals surface area contributed by atoms with E-state index >= 15 is 0 Å². The molecular formula is C15H24N2O2. The lowest BCUT2D eigenvalue weighted by Crippen LogP contribution is -2.22. The quantitative estimate of drug-likeness (QED) is 0.632. The zero-order valence-corrected chi connectivity index (χ0v) is 11.8. The fraction of sp³-hybridized carbons (Fsp3) is 0.533. The maximum Gasteiger partial charge on any atom is 0.224 e. The molecule has 0 spiro atoms. The zero-order valence-electron chi connectivity index (χ0n) is 11.8. The summed E-state index contributed by atoms with van der Waals surface area (Å²) in [5, 5.41) is 16.0. The first kappa shape index (κ1) is 15.7. The third-order valence-corrected chi connectivity index (χ3v) is 2.95. The number of hydrogen-bond donors (Lipinski definition) is 3. The van der Waals surface area contributed by atoms with Crippen LogP contribution in [-0.2, 0) is 4.79 Å². The highest BCUT2D eigenvalue weighted by Crippen LogP contribution is 2.16. The van der Waals surface area contributed by atoms with Crippen molar-refractivity contribution in [3.63, 3.8) is 0 Å². The number of aliphatic hydroxyl groups is 1. The SMILES string of the molecule is CCCCNCC(O)c1ccc(NC(=O)CC)cc1. The van der Waals surface area contributed by atoms with Crippen molar-refractivity contribution in [2.45, 2.75) is 39.2 Å². The summed E-state index contributed by atoms with van der Waals surface area (Å²) < 4.78 is 0. The predicted molar refractivity (Wildman–Crippen MR) is 78.1 cm³/mol. The van der Waals surface area contributed by atoms with Crippen LogP contribution < -0.4 is 10.6 Å². The summed E-state index contributed by atoms with van der Waals surface area (Å²) in [5.74, 6) is -0.00506. The van der Waals surface area contributed by atoms with Crippen molar-refractivity contribution in [2.24, 2.45) is 0 Å². The van der Waals surface area contributed by atoms with Crippen LogP contribution in [0.25, 0.3) is 0 Å². The Labute approximate surface area is 115 Å². The van der Waals surface area contributed by atoms with Gasteiger partial charge in [-0.3, -0.25) is 4.79 Å². The Morgan fingerprint density at radius 3 is 2.53 bits per heavy atom. The molecular weight excluding hydrogens is 240 g/mol. The number of carbonyl (C=O) groups excluding carboxylic acids is 1. The largest absolute Gasteiger partial charge is 0.387 e. The van der Waals surface area contributed by atoms with Gasteiger partial charge in [0.05, 0.1) is 6.10 Å². The Balaban J connectivity index is 2.44. The molecule has 1 aromatic carbocycles. The second kappa shape index (κ2) is 8.67. The number of amides is 1. The number of aliphatic hydroxyl groups excluding tert-OH is 1. The Hall–Kier alpha value is -1.39. The van der Waals surface area contributed by atoms with Gasteiger partial charge in [-0.2, -0.15) is 0 Å². The van der Waals surface area contributed by atoms with Crippen molar-refractivity contribution in [3.05, 3.63) is 29.8 Å². The van der Waals surface area contributed by atoms with E-state index in [4.69, 9.17) is 0 Å². The fourth-order valence-corrected chi connectivity index (χ4v) is 1.70. The number of rotatable bonds is 8. The number of benzene rings is 1. The summed E-state index contributed by atoms with van der Waals surface area (Å²) in [4.78, 5) is 11.2. The predicted octanol–water partition coefficient (Wildman–Crippen LogP) is 2.46. The summed E-state index contributed by atoms with van der Waals surface area (Å²) in [6, 6.07) is 7.32. The van der Waals surface area contributed by atoms with Gasteiger partial charge in [0.25, 0.3) is 0 Å². The Kier molecular flexibility index (Phi) is 7.15. The summed E-state index contributed by atoms with van der Waals surface area (Å²) in [5.41, 5.74) is 1.63. The van der Waals surface area contributed by atoms with Gasteiger partial charge in [0, 0.05) is 18.7 Å². The van der Waals surface area contributed by atoms with Crippen molar-refractivity contribution in [1.29, 1.82) is 0 Å². The first-order valence-corrected chi connectivity index (χ1v) is 6.96. The molecule has 0 saturated carbocycles. The molecule has 4 nitrogen and oxygen atoms in total. The molecule has 1 unspecified atom stereocenters. The molecule has 0 heterocycles. The first-order chi connectivity index (χ1) is 9.17. The van der Waals surface area contributed by atoms with Crippen LogP contribution in [0.3, 0.4) is 0 Å². The van der Waals surface area contributed by atoms with E-state index in [2.05, 4.69) is 17.6 Å². The molecule has 0 aliphatic rings. The van der Waals surface area contributed by atoms with Crippen LogP contribution in [0, 0.1) is 0 Å². The number of carbonyl (C=O) groups is 1. The smallest absolute Gasteiger partial charge is 0.224 e. The van der Waals surface area contributed by atoms with Crippen LogP contribution in [0.5, 0.6) is 0 Å². The Bertz CT molecular complexity index is 376. The average molecular weight is 264 g/mol. The maximum atomic E-state index is 11.2. The van der Waals surface area contributed by atoms with Crippen LogP contribution in [0.15, 0.2) is 24.3 Å².